The second kappa shape index (κ2) is 9.01. The number of imidazole rings is 1. The molecule has 8 heteroatoms. The van der Waals surface area contributed by atoms with E-state index < -0.39 is 23.8 Å². The summed E-state index contributed by atoms with van der Waals surface area (Å²) in [6.07, 6.45) is -0.728. The molecule has 1 heterocycles. The number of aliphatic hydroxyl groups excluding tert-OH is 1. The Morgan fingerprint density at radius 1 is 1.19 bits per heavy atom. The third-order valence-corrected chi connectivity index (χ3v) is 4.66. The molecule has 0 saturated carbocycles. The van der Waals surface area contributed by atoms with Crippen LogP contribution in [0.5, 0.6) is 0 Å². The highest BCUT2D eigenvalue weighted by molar-refractivity contribution is 5.84. The summed E-state index contributed by atoms with van der Waals surface area (Å²) in [6, 6.07) is 8.61. The number of hydrogen-bond donors (Lipinski definition) is 2. The molecule has 31 heavy (non-hydrogen) atoms. The van der Waals surface area contributed by atoms with Crippen LogP contribution in [0, 0.1) is 17.0 Å². The number of nitrogens with one attached hydrogen (secondary N) is 1. The first-order chi connectivity index (χ1) is 14.6. The Balaban J connectivity index is 2.12. The standard InChI is InChI=1S/C23H27F2N3O3/c1-5-31-19(30)12-14-6-11-17-21(20(14)25)28(16-9-7-15(24)8-10-16)22(26-17)27-18(29)13-23(2,3)4/h6-11,18,29H,5,12-13H2,1-4H3,(H,26,27)/t18-/m0/s1. The van der Waals surface area contributed by atoms with E-state index in [9.17, 15) is 14.3 Å². The quantitative estimate of drug-likeness (QED) is 0.423. The van der Waals surface area contributed by atoms with Gasteiger partial charge in [0.2, 0.25) is 5.95 Å². The van der Waals surface area contributed by atoms with Gasteiger partial charge in [0.05, 0.1) is 18.5 Å². The fraction of sp³-hybridized carbons (Fsp3) is 0.391. The minimum Gasteiger partial charge on any atom is -0.466 e. The van der Waals surface area contributed by atoms with E-state index in [0.717, 1.165) is 0 Å². The van der Waals surface area contributed by atoms with E-state index in [2.05, 4.69) is 10.3 Å². The molecule has 2 N–H and O–H groups in total. The molecule has 0 amide bonds. The van der Waals surface area contributed by atoms with Crippen LogP contribution in [-0.4, -0.2) is 33.5 Å². The lowest BCUT2D eigenvalue weighted by Crippen LogP contribution is -2.26. The molecule has 3 rings (SSSR count). The molecule has 166 valence electrons. The van der Waals surface area contributed by atoms with E-state index in [0.29, 0.717) is 17.6 Å². The van der Waals surface area contributed by atoms with E-state index in [1.165, 1.54) is 34.9 Å². The van der Waals surface area contributed by atoms with Crippen molar-refractivity contribution in [3.05, 3.63) is 53.6 Å². The molecule has 0 saturated heterocycles. The van der Waals surface area contributed by atoms with Crippen molar-refractivity contribution in [3.8, 4) is 5.69 Å². The molecule has 0 unspecified atom stereocenters. The molecule has 0 radical (unpaired) electrons. The monoisotopic (exact) mass is 431 g/mol. The van der Waals surface area contributed by atoms with Crippen molar-refractivity contribution in [1.82, 2.24) is 9.55 Å². The summed E-state index contributed by atoms with van der Waals surface area (Å²) in [5, 5.41) is 13.4. The number of nitrogens with zero attached hydrogens (tertiary/aromatic N) is 2. The van der Waals surface area contributed by atoms with Crippen LogP contribution in [0.3, 0.4) is 0 Å². The lowest BCUT2D eigenvalue weighted by atomic mass is 9.91. The number of aromatic nitrogens is 2. The molecule has 6 nitrogen and oxygen atoms in total. The number of halogens is 2. The first kappa shape index (κ1) is 22.7. The van der Waals surface area contributed by atoms with Crippen molar-refractivity contribution in [2.45, 2.75) is 46.8 Å². The van der Waals surface area contributed by atoms with Crippen molar-refractivity contribution < 1.29 is 23.4 Å². The van der Waals surface area contributed by atoms with Gasteiger partial charge in [-0.25, -0.2) is 13.8 Å². The number of carbonyl (C=O) groups is 1. The highest BCUT2D eigenvalue weighted by Gasteiger charge is 2.23. The zero-order chi connectivity index (χ0) is 22.8. The van der Waals surface area contributed by atoms with Gasteiger partial charge in [-0.15, -0.1) is 0 Å². The summed E-state index contributed by atoms with van der Waals surface area (Å²) in [6.45, 7) is 7.85. The molecular weight excluding hydrogens is 404 g/mol. The van der Waals surface area contributed by atoms with E-state index in [4.69, 9.17) is 4.74 Å². The van der Waals surface area contributed by atoms with E-state index >= 15 is 4.39 Å². The number of aliphatic hydroxyl groups is 1. The zero-order valence-electron chi connectivity index (χ0n) is 18.1. The first-order valence-electron chi connectivity index (χ1n) is 10.1. The van der Waals surface area contributed by atoms with Crippen LogP contribution in [-0.2, 0) is 16.0 Å². The smallest absolute Gasteiger partial charge is 0.310 e. The number of hydrogen-bond acceptors (Lipinski definition) is 5. The molecular formula is C23H27F2N3O3. The second-order valence-corrected chi connectivity index (χ2v) is 8.56. The van der Waals surface area contributed by atoms with Crippen molar-refractivity contribution >= 4 is 23.0 Å². The van der Waals surface area contributed by atoms with Gasteiger partial charge in [-0.3, -0.25) is 9.36 Å². The number of fused-ring (bicyclic) bond motifs is 1. The van der Waals surface area contributed by atoms with Crippen molar-refractivity contribution in [3.63, 3.8) is 0 Å². The van der Waals surface area contributed by atoms with Gasteiger partial charge in [0, 0.05) is 11.3 Å². The minimum atomic E-state index is -0.932. The first-order valence-corrected chi connectivity index (χ1v) is 10.1. The third kappa shape index (κ3) is 5.38. The van der Waals surface area contributed by atoms with Gasteiger partial charge in [-0.1, -0.05) is 26.8 Å². The Hall–Kier alpha value is -3.00. The lowest BCUT2D eigenvalue weighted by Gasteiger charge is -2.23. The van der Waals surface area contributed by atoms with Crippen LogP contribution in [0.2, 0.25) is 0 Å². The van der Waals surface area contributed by atoms with Gasteiger partial charge >= 0.3 is 5.97 Å². The summed E-state index contributed by atoms with van der Waals surface area (Å²) >= 11 is 0. The number of benzene rings is 2. The highest BCUT2D eigenvalue weighted by atomic mass is 19.1. The Kier molecular flexibility index (Phi) is 6.59. The summed E-state index contributed by atoms with van der Waals surface area (Å²) in [7, 11) is 0. The summed E-state index contributed by atoms with van der Waals surface area (Å²) < 4.78 is 35.4. The van der Waals surface area contributed by atoms with E-state index in [1.807, 2.05) is 20.8 Å². The molecule has 0 aliphatic rings. The number of carbonyl (C=O) groups excluding carboxylic acids is 1. The molecule has 0 fully saturated rings. The van der Waals surface area contributed by atoms with Crippen LogP contribution in [0.1, 0.15) is 39.7 Å². The predicted octanol–water partition coefficient (Wildman–Crippen LogP) is 4.58. The van der Waals surface area contributed by atoms with E-state index in [-0.39, 0.29) is 35.5 Å². The van der Waals surface area contributed by atoms with Gasteiger partial charge in [-0.05, 0) is 49.1 Å². The molecule has 1 atom stereocenters. The van der Waals surface area contributed by atoms with Crippen LogP contribution < -0.4 is 5.32 Å². The topological polar surface area (TPSA) is 76.4 Å². The van der Waals surface area contributed by atoms with Crippen LogP contribution >= 0.6 is 0 Å². The van der Waals surface area contributed by atoms with Crippen molar-refractivity contribution in [2.75, 3.05) is 11.9 Å². The summed E-state index contributed by atoms with van der Waals surface area (Å²) in [4.78, 5) is 16.3. The lowest BCUT2D eigenvalue weighted by molar-refractivity contribution is -0.142. The fourth-order valence-electron chi connectivity index (χ4n) is 3.39. The summed E-state index contributed by atoms with van der Waals surface area (Å²) in [5.74, 6) is -1.38. The second-order valence-electron chi connectivity index (χ2n) is 8.56. The maximum Gasteiger partial charge on any atom is 0.310 e. The van der Waals surface area contributed by atoms with Crippen LogP contribution in [0.25, 0.3) is 16.7 Å². The average molecular weight is 431 g/mol. The predicted molar refractivity (Wildman–Crippen MR) is 115 cm³/mol. The molecule has 3 aromatic rings. The number of esters is 1. The molecule has 0 aliphatic heterocycles. The van der Waals surface area contributed by atoms with Gasteiger partial charge in [0.15, 0.2) is 5.82 Å². The molecule has 0 aliphatic carbocycles. The third-order valence-electron chi connectivity index (χ3n) is 4.66. The molecule has 1 aromatic heterocycles. The number of ether oxygens (including phenoxy) is 1. The Morgan fingerprint density at radius 2 is 1.87 bits per heavy atom. The van der Waals surface area contributed by atoms with Gasteiger partial charge < -0.3 is 15.2 Å². The van der Waals surface area contributed by atoms with Crippen LogP contribution in [0.4, 0.5) is 14.7 Å². The SMILES string of the molecule is CCOC(=O)Cc1ccc2nc(N[C@@H](O)CC(C)(C)C)n(-c3ccc(F)cc3)c2c1F. The maximum absolute atomic E-state index is 15.5. The van der Waals surface area contributed by atoms with Gasteiger partial charge in [0.1, 0.15) is 17.6 Å². The van der Waals surface area contributed by atoms with Gasteiger partial charge in [0.25, 0.3) is 0 Å². The fourth-order valence-corrected chi connectivity index (χ4v) is 3.39. The van der Waals surface area contributed by atoms with E-state index in [1.54, 1.807) is 13.0 Å². The maximum atomic E-state index is 15.5. The molecule has 0 spiro atoms. The van der Waals surface area contributed by atoms with Crippen LogP contribution in [0.15, 0.2) is 36.4 Å². The zero-order valence-corrected chi connectivity index (χ0v) is 18.1. The van der Waals surface area contributed by atoms with Crippen molar-refractivity contribution in [1.29, 1.82) is 0 Å². The van der Waals surface area contributed by atoms with Gasteiger partial charge in [-0.2, -0.15) is 0 Å². The Morgan fingerprint density at radius 3 is 2.48 bits per heavy atom. The summed E-state index contributed by atoms with van der Waals surface area (Å²) in [5.41, 5.74) is 0.924. The minimum absolute atomic E-state index is 0.124. The van der Waals surface area contributed by atoms with Crippen molar-refractivity contribution in [2.24, 2.45) is 5.41 Å². The highest BCUT2D eigenvalue weighted by Crippen LogP contribution is 2.30. The molecule has 2 aromatic carbocycles. The normalized spacial score (nSPS) is 12.7. The Bertz CT molecular complexity index is 1070. The molecule has 0 bridgehead atoms. The average Bonchev–Trinajstić information content (AvgIpc) is 3.02. The number of anilines is 1. The number of rotatable bonds is 7. The Labute approximate surface area is 179 Å². The largest absolute Gasteiger partial charge is 0.466 e.